The Morgan fingerprint density at radius 1 is 1.08 bits per heavy atom. The van der Waals surface area contributed by atoms with Gasteiger partial charge in [0, 0.05) is 30.3 Å². The fourth-order valence-corrected chi connectivity index (χ4v) is 2.69. The molecular weight excluding hydrogens is 310 g/mol. The van der Waals surface area contributed by atoms with E-state index in [1.807, 2.05) is 43.3 Å². The van der Waals surface area contributed by atoms with Crippen LogP contribution in [0, 0.1) is 18.3 Å². The van der Waals surface area contributed by atoms with Gasteiger partial charge in [-0.2, -0.15) is 5.26 Å². The number of carbonyl (C=O) groups is 1. The Labute approximate surface area is 146 Å². The van der Waals surface area contributed by atoms with Crippen LogP contribution in [-0.4, -0.2) is 16.3 Å². The quantitative estimate of drug-likeness (QED) is 0.671. The number of rotatable bonds is 5. The van der Waals surface area contributed by atoms with Gasteiger partial charge in [-0.15, -0.1) is 0 Å². The van der Waals surface area contributed by atoms with E-state index in [1.165, 1.54) is 0 Å². The number of aromatic nitrogens is 2. The molecule has 0 radical (unpaired) electrons. The highest BCUT2D eigenvalue weighted by molar-refractivity contribution is 5.75. The Balaban J connectivity index is 1.77. The zero-order valence-corrected chi connectivity index (χ0v) is 13.9. The van der Waals surface area contributed by atoms with E-state index < -0.39 is 0 Å². The lowest BCUT2D eigenvalue weighted by molar-refractivity contribution is 0.112. The number of aryl methyl sites for hydroxylation is 1. The van der Waals surface area contributed by atoms with Crippen LogP contribution in [0.2, 0.25) is 0 Å². The van der Waals surface area contributed by atoms with Gasteiger partial charge in [0.15, 0.2) is 0 Å². The largest absolute Gasteiger partial charge is 0.298 e. The summed E-state index contributed by atoms with van der Waals surface area (Å²) in [5, 5.41) is 8.86. The van der Waals surface area contributed by atoms with Gasteiger partial charge in [-0.1, -0.05) is 24.3 Å². The summed E-state index contributed by atoms with van der Waals surface area (Å²) in [6, 6.07) is 17.2. The van der Waals surface area contributed by atoms with Crippen LogP contribution in [0.25, 0.3) is 0 Å². The summed E-state index contributed by atoms with van der Waals surface area (Å²) in [5.74, 6) is 0.754. The maximum Gasteiger partial charge on any atom is 0.150 e. The van der Waals surface area contributed by atoms with Gasteiger partial charge in [-0.25, -0.2) is 9.97 Å². The summed E-state index contributed by atoms with van der Waals surface area (Å²) < 4.78 is 0. The molecule has 3 aromatic rings. The first-order chi connectivity index (χ1) is 12.2. The minimum atomic E-state index is 0.628. The highest BCUT2D eigenvalue weighted by atomic mass is 16.1. The van der Waals surface area contributed by atoms with Crippen molar-refractivity contribution < 1.29 is 4.79 Å². The lowest BCUT2D eigenvalue weighted by atomic mass is 10.0. The van der Waals surface area contributed by atoms with Crippen molar-refractivity contribution in [2.45, 2.75) is 19.8 Å². The normalized spacial score (nSPS) is 10.2. The van der Waals surface area contributed by atoms with Gasteiger partial charge in [0.05, 0.1) is 11.6 Å². The molecule has 0 atom stereocenters. The first-order valence-corrected chi connectivity index (χ1v) is 8.02. The predicted octanol–water partition coefficient (Wildman–Crippen LogP) is 3.65. The highest BCUT2D eigenvalue weighted by Gasteiger charge is 2.06. The Bertz CT molecular complexity index is 940. The number of benzene rings is 2. The van der Waals surface area contributed by atoms with Gasteiger partial charge in [0.2, 0.25) is 0 Å². The van der Waals surface area contributed by atoms with E-state index in [9.17, 15) is 4.79 Å². The van der Waals surface area contributed by atoms with Crippen molar-refractivity contribution >= 4 is 6.29 Å². The van der Waals surface area contributed by atoms with E-state index in [-0.39, 0.29) is 0 Å². The molecule has 3 rings (SSSR count). The van der Waals surface area contributed by atoms with Crippen molar-refractivity contribution in [3.8, 4) is 6.07 Å². The van der Waals surface area contributed by atoms with Crippen molar-refractivity contribution in [1.29, 1.82) is 5.26 Å². The molecule has 2 aromatic carbocycles. The van der Waals surface area contributed by atoms with E-state index >= 15 is 0 Å². The molecule has 1 aromatic heterocycles. The molecule has 0 aliphatic rings. The Hall–Kier alpha value is -3.32. The van der Waals surface area contributed by atoms with Crippen LogP contribution in [0.15, 0.2) is 54.7 Å². The number of aldehydes is 1. The van der Waals surface area contributed by atoms with Crippen molar-refractivity contribution in [2.24, 2.45) is 0 Å². The van der Waals surface area contributed by atoms with Crippen LogP contribution >= 0.6 is 0 Å². The number of hydrogen-bond acceptors (Lipinski definition) is 4. The minimum absolute atomic E-state index is 0.628. The lowest BCUT2D eigenvalue weighted by Gasteiger charge is -2.08. The van der Waals surface area contributed by atoms with E-state index in [4.69, 9.17) is 5.26 Å². The zero-order chi connectivity index (χ0) is 17.6. The molecule has 0 fully saturated rings. The van der Waals surface area contributed by atoms with Crippen LogP contribution in [-0.2, 0) is 12.8 Å². The molecule has 25 heavy (non-hydrogen) atoms. The maximum atomic E-state index is 10.8. The molecule has 4 nitrogen and oxygen atoms in total. The number of nitrogens with zero attached hydrogens (tertiary/aromatic N) is 3. The predicted molar refractivity (Wildman–Crippen MR) is 95.4 cm³/mol. The Morgan fingerprint density at radius 3 is 2.56 bits per heavy atom. The second kappa shape index (κ2) is 7.50. The standard InChI is InChI=1S/C21H17N3O/c1-15-10-18(14-25)6-7-19(15)12-20-8-9-23-21(24-20)11-16-2-4-17(13-22)5-3-16/h2-10,14H,11-12H2,1H3. The third-order valence-electron chi connectivity index (χ3n) is 4.08. The van der Waals surface area contributed by atoms with Gasteiger partial charge in [-0.3, -0.25) is 4.79 Å². The number of hydrogen-bond donors (Lipinski definition) is 0. The monoisotopic (exact) mass is 327 g/mol. The molecule has 0 unspecified atom stereocenters. The number of nitriles is 1. The van der Waals surface area contributed by atoms with E-state index in [0.717, 1.165) is 34.5 Å². The van der Waals surface area contributed by atoms with Gasteiger partial charge >= 0.3 is 0 Å². The second-order valence-electron chi connectivity index (χ2n) is 5.93. The van der Waals surface area contributed by atoms with Crippen molar-refractivity contribution in [1.82, 2.24) is 9.97 Å². The molecule has 0 amide bonds. The summed E-state index contributed by atoms with van der Waals surface area (Å²) in [6.45, 7) is 2.00. The van der Waals surface area contributed by atoms with E-state index in [2.05, 4.69) is 16.0 Å². The summed E-state index contributed by atoms with van der Waals surface area (Å²) in [5.41, 5.74) is 5.58. The Morgan fingerprint density at radius 2 is 1.88 bits per heavy atom. The number of carbonyl (C=O) groups excluding carboxylic acids is 1. The van der Waals surface area contributed by atoms with Gasteiger partial charge in [0.25, 0.3) is 0 Å². The van der Waals surface area contributed by atoms with Gasteiger partial charge < -0.3 is 0 Å². The minimum Gasteiger partial charge on any atom is -0.298 e. The summed E-state index contributed by atoms with van der Waals surface area (Å²) >= 11 is 0. The molecule has 0 aliphatic carbocycles. The fraction of sp³-hybridized carbons (Fsp3) is 0.143. The summed E-state index contributed by atoms with van der Waals surface area (Å²) in [6.07, 6.45) is 3.96. The smallest absolute Gasteiger partial charge is 0.150 e. The average molecular weight is 327 g/mol. The molecule has 4 heteroatoms. The lowest BCUT2D eigenvalue weighted by Crippen LogP contribution is -2.02. The first kappa shape index (κ1) is 16.5. The molecule has 0 saturated heterocycles. The van der Waals surface area contributed by atoms with Crippen molar-refractivity contribution in [2.75, 3.05) is 0 Å². The van der Waals surface area contributed by atoms with Crippen molar-refractivity contribution in [3.05, 3.63) is 94.1 Å². The van der Waals surface area contributed by atoms with Crippen LogP contribution < -0.4 is 0 Å². The zero-order valence-electron chi connectivity index (χ0n) is 13.9. The molecular formula is C21H17N3O. The molecule has 122 valence electrons. The van der Waals surface area contributed by atoms with Crippen LogP contribution in [0.1, 0.15) is 44.1 Å². The highest BCUT2D eigenvalue weighted by Crippen LogP contribution is 2.15. The van der Waals surface area contributed by atoms with Crippen molar-refractivity contribution in [3.63, 3.8) is 0 Å². The molecule has 0 N–H and O–H groups in total. The SMILES string of the molecule is Cc1cc(C=O)ccc1Cc1ccnc(Cc2ccc(C#N)cc2)n1. The third-order valence-corrected chi connectivity index (χ3v) is 4.08. The van der Waals surface area contributed by atoms with E-state index in [0.29, 0.717) is 24.0 Å². The third kappa shape index (κ3) is 4.15. The van der Waals surface area contributed by atoms with Crippen LogP contribution in [0.3, 0.4) is 0 Å². The van der Waals surface area contributed by atoms with Gasteiger partial charge in [-0.05, 0) is 47.9 Å². The first-order valence-electron chi connectivity index (χ1n) is 8.02. The fourth-order valence-electron chi connectivity index (χ4n) is 2.69. The molecule has 1 heterocycles. The molecule has 0 spiro atoms. The van der Waals surface area contributed by atoms with Gasteiger partial charge in [0.1, 0.15) is 12.1 Å². The summed E-state index contributed by atoms with van der Waals surface area (Å²) in [4.78, 5) is 19.8. The second-order valence-corrected chi connectivity index (χ2v) is 5.93. The Kier molecular flexibility index (Phi) is 4.96. The topological polar surface area (TPSA) is 66.6 Å². The summed E-state index contributed by atoms with van der Waals surface area (Å²) in [7, 11) is 0. The average Bonchev–Trinajstić information content (AvgIpc) is 2.64. The van der Waals surface area contributed by atoms with E-state index in [1.54, 1.807) is 18.3 Å². The molecule has 0 bridgehead atoms. The van der Waals surface area contributed by atoms with Crippen LogP contribution in [0.4, 0.5) is 0 Å². The maximum absolute atomic E-state index is 10.8. The molecule has 0 saturated carbocycles. The molecule has 0 aliphatic heterocycles. The van der Waals surface area contributed by atoms with Crippen LogP contribution in [0.5, 0.6) is 0 Å².